The maximum absolute atomic E-state index is 12.5. The number of hydrogen-bond acceptors (Lipinski definition) is 3. The van der Waals surface area contributed by atoms with Crippen molar-refractivity contribution in [3.05, 3.63) is 88.9 Å². The van der Waals surface area contributed by atoms with Crippen LogP contribution in [0.2, 0.25) is 5.02 Å². The molecule has 0 bridgehead atoms. The Kier molecular flexibility index (Phi) is 5.20. The van der Waals surface area contributed by atoms with Crippen LogP contribution in [0.15, 0.2) is 72.8 Å². The minimum atomic E-state index is -0.677. The number of para-hydroxylation sites is 1. The molecule has 3 aromatic carbocycles. The Morgan fingerprint density at radius 2 is 1.62 bits per heavy atom. The quantitative estimate of drug-likeness (QED) is 0.698. The molecule has 3 rings (SSSR count). The summed E-state index contributed by atoms with van der Waals surface area (Å²) in [5, 5.41) is 3.03. The van der Waals surface area contributed by atoms with Gasteiger partial charge in [0.2, 0.25) is 0 Å². The highest BCUT2D eigenvalue weighted by Crippen LogP contribution is 2.24. The van der Waals surface area contributed by atoms with Crippen LogP contribution in [0.25, 0.3) is 0 Å². The molecule has 0 aliphatic rings. The summed E-state index contributed by atoms with van der Waals surface area (Å²) in [5.74, 6) is 0.117. The summed E-state index contributed by atoms with van der Waals surface area (Å²) in [7, 11) is 0. The molecule has 26 heavy (non-hydrogen) atoms. The zero-order chi connectivity index (χ0) is 18.5. The highest BCUT2D eigenvalue weighted by Gasteiger charge is 2.13. The van der Waals surface area contributed by atoms with Gasteiger partial charge in [-0.2, -0.15) is 0 Å². The van der Waals surface area contributed by atoms with Crippen molar-refractivity contribution in [2.45, 2.75) is 0 Å². The van der Waals surface area contributed by atoms with Crippen LogP contribution in [0.4, 0.5) is 5.69 Å². The minimum absolute atomic E-state index is 0.141. The molecule has 0 spiro atoms. The van der Waals surface area contributed by atoms with Crippen LogP contribution >= 0.6 is 11.6 Å². The van der Waals surface area contributed by atoms with Crippen LogP contribution < -0.4 is 15.8 Å². The van der Waals surface area contributed by atoms with Crippen molar-refractivity contribution in [3.63, 3.8) is 0 Å². The van der Waals surface area contributed by atoms with Crippen LogP contribution in [-0.2, 0) is 0 Å². The molecule has 6 heteroatoms. The summed E-state index contributed by atoms with van der Waals surface area (Å²) in [4.78, 5) is 24.1. The summed E-state index contributed by atoms with van der Waals surface area (Å²) < 4.78 is 5.73. The molecule has 0 aliphatic carbocycles. The summed E-state index contributed by atoms with van der Waals surface area (Å²) in [6.45, 7) is 0. The van der Waals surface area contributed by atoms with E-state index in [-0.39, 0.29) is 5.56 Å². The van der Waals surface area contributed by atoms with E-state index in [9.17, 15) is 9.59 Å². The van der Waals surface area contributed by atoms with Crippen molar-refractivity contribution >= 4 is 29.1 Å². The zero-order valence-corrected chi connectivity index (χ0v) is 14.4. The zero-order valence-electron chi connectivity index (χ0n) is 13.6. The number of nitrogens with one attached hydrogen (secondary N) is 1. The van der Waals surface area contributed by atoms with Crippen molar-refractivity contribution in [2.24, 2.45) is 5.73 Å². The molecule has 0 saturated heterocycles. The number of amides is 2. The standard InChI is InChI=1S/C20H15ClN2O3/c21-14-9-10-18(17(12-14)19(22)24)23-20(25)13-5-4-8-16(11-13)26-15-6-2-1-3-7-15/h1-12H,(H2,22,24)(H,23,25). The summed E-state index contributed by atoms with van der Waals surface area (Å²) in [5.41, 5.74) is 6.15. The Labute approximate surface area is 155 Å². The smallest absolute Gasteiger partial charge is 0.255 e. The second kappa shape index (κ2) is 7.72. The molecular formula is C20H15ClN2O3. The number of benzene rings is 3. The maximum atomic E-state index is 12.5. The second-order valence-corrected chi connectivity index (χ2v) is 5.89. The molecule has 0 aromatic heterocycles. The predicted molar refractivity (Wildman–Crippen MR) is 101 cm³/mol. The van der Waals surface area contributed by atoms with Gasteiger partial charge in [-0.1, -0.05) is 35.9 Å². The van der Waals surface area contributed by atoms with Crippen molar-refractivity contribution in [3.8, 4) is 11.5 Å². The fraction of sp³-hybridized carbons (Fsp3) is 0. The van der Waals surface area contributed by atoms with Gasteiger partial charge in [-0.05, 0) is 48.5 Å². The Bertz CT molecular complexity index is 958. The molecule has 0 radical (unpaired) electrons. The fourth-order valence-electron chi connectivity index (χ4n) is 2.35. The molecule has 0 heterocycles. The first kappa shape index (κ1) is 17.5. The lowest BCUT2D eigenvalue weighted by Crippen LogP contribution is -2.18. The third-order valence-corrected chi connectivity index (χ3v) is 3.81. The first-order valence-corrected chi connectivity index (χ1v) is 8.14. The number of carbonyl (C=O) groups excluding carboxylic acids is 2. The van der Waals surface area contributed by atoms with Gasteiger partial charge in [-0.3, -0.25) is 9.59 Å². The monoisotopic (exact) mass is 366 g/mol. The van der Waals surface area contributed by atoms with Crippen LogP contribution in [0.3, 0.4) is 0 Å². The van der Waals surface area contributed by atoms with Gasteiger partial charge in [0.1, 0.15) is 11.5 Å². The molecule has 0 unspecified atom stereocenters. The number of rotatable bonds is 5. The third-order valence-electron chi connectivity index (χ3n) is 3.57. The van der Waals surface area contributed by atoms with E-state index in [1.165, 1.54) is 12.1 Å². The van der Waals surface area contributed by atoms with Gasteiger partial charge in [0.05, 0.1) is 11.3 Å². The highest BCUT2D eigenvalue weighted by molar-refractivity contribution is 6.31. The van der Waals surface area contributed by atoms with Crippen LogP contribution in [-0.4, -0.2) is 11.8 Å². The number of halogens is 1. The van der Waals surface area contributed by atoms with E-state index in [2.05, 4.69) is 5.32 Å². The molecule has 2 amide bonds. The largest absolute Gasteiger partial charge is 0.457 e. The van der Waals surface area contributed by atoms with E-state index in [1.54, 1.807) is 30.3 Å². The summed E-state index contributed by atoms with van der Waals surface area (Å²) >= 11 is 5.88. The van der Waals surface area contributed by atoms with Gasteiger partial charge in [0, 0.05) is 10.6 Å². The van der Waals surface area contributed by atoms with E-state index in [0.717, 1.165) is 0 Å². The average molecular weight is 367 g/mol. The molecule has 130 valence electrons. The lowest BCUT2D eigenvalue weighted by atomic mass is 10.1. The molecule has 5 nitrogen and oxygen atoms in total. The Balaban J connectivity index is 1.81. The van der Waals surface area contributed by atoms with E-state index >= 15 is 0 Å². The predicted octanol–water partition coefficient (Wildman–Crippen LogP) is 4.48. The van der Waals surface area contributed by atoms with Crippen molar-refractivity contribution < 1.29 is 14.3 Å². The third kappa shape index (κ3) is 4.20. The van der Waals surface area contributed by atoms with Gasteiger partial charge in [0.25, 0.3) is 11.8 Å². The summed E-state index contributed by atoms with van der Waals surface area (Å²) in [6, 6.07) is 20.5. The molecule has 3 N–H and O–H groups in total. The Hall–Kier alpha value is -3.31. The van der Waals surface area contributed by atoms with Crippen molar-refractivity contribution in [1.29, 1.82) is 0 Å². The first-order valence-electron chi connectivity index (χ1n) is 7.76. The van der Waals surface area contributed by atoms with E-state index in [0.29, 0.717) is 27.8 Å². The van der Waals surface area contributed by atoms with E-state index < -0.39 is 11.8 Å². The van der Waals surface area contributed by atoms with Crippen molar-refractivity contribution in [1.82, 2.24) is 0 Å². The van der Waals surface area contributed by atoms with Gasteiger partial charge in [-0.15, -0.1) is 0 Å². The van der Waals surface area contributed by atoms with Gasteiger partial charge in [0.15, 0.2) is 0 Å². The van der Waals surface area contributed by atoms with Crippen molar-refractivity contribution in [2.75, 3.05) is 5.32 Å². The maximum Gasteiger partial charge on any atom is 0.255 e. The second-order valence-electron chi connectivity index (χ2n) is 5.45. The van der Waals surface area contributed by atoms with Gasteiger partial charge < -0.3 is 15.8 Å². The number of hydrogen-bond donors (Lipinski definition) is 2. The van der Waals surface area contributed by atoms with Crippen LogP contribution in [0.5, 0.6) is 11.5 Å². The lowest BCUT2D eigenvalue weighted by Gasteiger charge is -2.11. The number of ether oxygens (including phenoxy) is 1. The summed E-state index contributed by atoms with van der Waals surface area (Å²) in [6.07, 6.45) is 0. The number of anilines is 1. The van der Waals surface area contributed by atoms with Gasteiger partial charge >= 0.3 is 0 Å². The molecule has 0 atom stereocenters. The number of nitrogens with two attached hydrogens (primary N) is 1. The van der Waals surface area contributed by atoms with Crippen LogP contribution in [0, 0.1) is 0 Å². The molecule has 0 aliphatic heterocycles. The Morgan fingerprint density at radius 3 is 2.35 bits per heavy atom. The fourth-order valence-corrected chi connectivity index (χ4v) is 2.52. The number of primary amides is 1. The average Bonchev–Trinajstić information content (AvgIpc) is 2.64. The first-order chi connectivity index (χ1) is 12.5. The topological polar surface area (TPSA) is 81.4 Å². The Morgan fingerprint density at radius 1 is 0.885 bits per heavy atom. The molecule has 0 fully saturated rings. The van der Waals surface area contributed by atoms with E-state index in [4.69, 9.17) is 22.1 Å². The minimum Gasteiger partial charge on any atom is -0.457 e. The SMILES string of the molecule is NC(=O)c1cc(Cl)ccc1NC(=O)c1cccc(Oc2ccccc2)c1. The highest BCUT2D eigenvalue weighted by atomic mass is 35.5. The van der Waals surface area contributed by atoms with Gasteiger partial charge in [-0.25, -0.2) is 0 Å². The lowest BCUT2D eigenvalue weighted by molar-refractivity contribution is 0.100. The normalized spacial score (nSPS) is 10.2. The molecule has 3 aromatic rings. The number of carbonyl (C=O) groups is 2. The van der Waals surface area contributed by atoms with E-state index in [1.807, 2.05) is 30.3 Å². The molecular weight excluding hydrogens is 352 g/mol. The van der Waals surface area contributed by atoms with Crippen LogP contribution in [0.1, 0.15) is 20.7 Å². The molecule has 0 saturated carbocycles.